The lowest BCUT2D eigenvalue weighted by molar-refractivity contribution is 0.174. The molecule has 0 aromatic heterocycles. The lowest BCUT2D eigenvalue weighted by Gasteiger charge is -2.19. The molecular formula is C10H11NO3. The Labute approximate surface area is 81.7 Å². The van der Waals surface area contributed by atoms with E-state index in [-0.39, 0.29) is 19.3 Å². The number of carbonyl (C=O) groups is 1. The van der Waals surface area contributed by atoms with Crippen LogP contribution in [-0.2, 0) is 4.74 Å². The molecule has 4 nitrogen and oxygen atoms in total. The van der Waals surface area contributed by atoms with Crippen LogP contribution in [0.5, 0.6) is 0 Å². The zero-order valence-electron chi connectivity index (χ0n) is 7.59. The van der Waals surface area contributed by atoms with E-state index in [1.165, 1.54) is 4.90 Å². The van der Waals surface area contributed by atoms with Gasteiger partial charge in [-0.05, 0) is 12.1 Å². The van der Waals surface area contributed by atoms with Gasteiger partial charge in [0, 0.05) is 5.69 Å². The quantitative estimate of drug-likeness (QED) is 0.762. The minimum Gasteiger partial charge on any atom is -0.447 e. The maximum absolute atomic E-state index is 11.3. The van der Waals surface area contributed by atoms with Crippen LogP contribution in [0.2, 0.25) is 0 Å². The highest BCUT2D eigenvalue weighted by atomic mass is 16.6. The van der Waals surface area contributed by atoms with E-state index in [1.807, 2.05) is 30.3 Å². The van der Waals surface area contributed by atoms with Gasteiger partial charge in [-0.2, -0.15) is 0 Å². The largest absolute Gasteiger partial charge is 0.447 e. The van der Waals surface area contributed by atoms with Crippen molar-refractivity contribution in [3.05, 3.63) is 30.3 Å². The van der Waals surface area contributed by atoms with Crippen molar-refractivity contribution in [3.8, 4) is 0 Å². The van der Waals surface area contributed by atoms with Crippen LogP contribution in [0.3, 0.4) is 0 Å². The molecule has 1 saturated heterocycles. The molecule has 1 N–H and O–H groups in total. The normalized spacial score (nSPS) is 21.1. The Kier molecular flexibility index (Phi) is 2.37. The second-order valence-corrected chi connectivity index (χ2v) is 3.12. The molecule has 0 bridgehead atoms. The van der Waals surface area contributed by atoms with Crippen molar-refractivity contribution in [2.75, 3.05) is 18.1 Å². The third kappa shape index (κ3) is 1.44. The number of benzene rings is 1. The highest BCUT2D eigenvalue weighted by molar-refractivity contribution is 5.90. The maximum Gasteiger partial charge on any atom is 0.414 e. The fourth-order valence-corrected chi connectivity index (χ4v) is 1.50. The van der Waals surface area contributed by atoms with Gasteiger partial charge in [-0.3, -0.25) is 4.90 Å². The van der Waals surface area contributed by atoms with E-state index in [2.05, 4.69) is 0 Å². The summed E-state index contributed by atoms with van der Waals surface area (Å²) in [6.45, 7) is 0.171. The first-order valence-corrected chi connectivity index (χ1v) is 4.45. The van der Waals surface area contributed by atoms with Gasteiger partial charge in [0.25, 0.3) is 0 Å². The monoisotopic (exact) mass is 193 g/mol. The average Bonchev–Trinajstić information content (AvgIpc) is 2.61. The zero-order valence-corrected chi connectivity index (χ0v) is 7.59. The van der Waals surface area contributed by atoms with E-state index >= 15 is 0 Å². The molecule has 74 valence electrons. The Bertz CT molecular complexity index is 325. The fourth-order valence-electron chi connectivity index (χ4n) is 1.50. The summed E-state index contributed by atoms with van der Waals surface area (Å²) in [7, 11) is 0. The summed E-state index contributed by atoms with van der Waals surface area (Å²) in [5, 5.41) is 9.04. The SMILES string of the molecule is O=C1OC[C@H](CO)N1c1ccccc1. The third-order valence-electron chi connectivity index (χ3n) is 2.21. The van der Waals surface area contributed by atoms with Crippen LogP contribution in [0.15, 0.2) is 30.3 Å². The molecule has 1 aromatic rings. The number of cyclic esters (lactones) is 1. The van der Waals surface area contributed by atoms with Gasteiger partial charge < -0.3 is 9.84 Å². The Hall–Kier alpha value is -1.55. The predicted molar refractivity (Wildman–Crippen MR) is 51.1 cm³/mol. The van der Waals surface area contributed by atoms with Crippen molar-refractivity contribution in [3.63, 3.8) is 0 Å². The first-order valence-electron chi connectivity index (χ1n) is 4.45. The van der Waals surface area contributed by atoms with E-state index < -0.39 is 6.09 Å². The summed E-state index contributed by atoms with van der Waals surface area (Å²) >= 11 is 0. The number of nitrogens with zero attached hydrogens (tertiary/aromatic N) is 1. The average molecular weight is 193 g/mol. The first kappa shape index (κ1) is 9.02. The molecule has 1 atom stereocenters. The summed E-state index contributed by atoms with van der Waals surface area (Å²) in [6, 6.07) is 8.93. The van der Waals surface area contributed by atoms with Crippen molar-refractivity contribution in [1.29, 1.82) is 0 Å². The van der Waals surface area contributed by atoms with Gasteiger partial charge in [-0.1, -0.05) is 18.2 Å². The number of rotatable bonds is 2. The van der Waals surface area contributed by atoms with Crippen LogP contribution in [0.25, 0.3) is 0 Å². The summed E-state index contributed by atoms with van der Waals surface area (Å²) in [5.74, 6) is 0. The van der Waals surface area contributed by atoms with Crippen LogP contribution in [0.1, 0.15) is 0 Å². The molecule has 1 heterocycles. The van der Waals surface area contributed by atoms with Gasteiger partial charge >= 0.3 is 6.09 Å². The molecule has 0 saturated carbocycles. The first-order chi connectivity index (χ1) is 6.83. The smallest absolute Gasteiger partial charge is 0.414 e. The minimum atomic E-state index is -0.393. The molecule has 0 spiro atoms. The second kappa shape index (κ2) is 3.67. The lowest BCUT2D eigenvalue weighted by Crippen LogP contribution is -2.35. The summed E-state index contributed by atoms with van der Waals surface area (Å²) in [6.07, 6.45) is -0.393. The molecule has 2 rings (SSSR count). The van der Waals surface area contributed by atoms with Gasteiger partial charge in [0.05, 0.1) is 12.6 Å². The summed E-state index contributed by atoms with van der Waals surface area (Å²) in [5.41, 5.74) is 0.758. The lowest BCUT2D eigenvalue weighted by atomic mass is 10.2. The molecule has 0 aliphatic carbocycles. The van der Waals surface area contributed by atoms with Crippen LogP contribution >= 0.6 is 0 Å². The molecule has 4 heteroatoms. The molecule has 1 aromatic carbocycles. The molecule has 1 amide bonds. The molecule has 0 unspecified atom stereocenters. The molecule has 14 heavy (non-hydrogen) atoms. The van der Waals surface area contributed by atoms with Gasteiger partial charge in [-0.25, -0.2) is 4.79 Å². The number of ether oxygens (including phenoxy) is 1. The van der Waals surface area contributed by atoms with Crippen LogP contribution in [0, 0.1) is 0 Å². The molecule has 0 radical (unpaired) electrons. The molecule has 1 fully saturated rings. The van der Waals surface area contributed by atoms with E-state index in [4.69, 9.17) is 9.84 Å². The topological polar surface area (TPSA) is 49.8 Å². The fraction of sp³-hybridized carbons (Fsp3) is 0.300. The van der Waals surface area contributed by atoms with Crippen molar-refractivity contribution in [2.24, 2.45) is 0 Å². The van der Waals surface area contributed by atoms with Crippen molar-refractivity contribution in [2.45, 2.75) is 6.04 Å². The van der Waals surface area contributed by atoms with Gasteiger partial charge in [0.2, 0.25) is 0 Å². The predicted octanol–water partition coefficient (Wildman–Crippen LogP) is 1.00. The number of para-hydroxylation sites is 1. The van der Waals surface area contributed by atoms with E-state index in [0.29, 0.717) is 0 Å². The van der Waals surface area contributed by atoms with Crippen molar-refractivity contribution in [1.82, 2.24) is 0 Å². The minimum absolute atomic E-state index is 0.0827. The maximum atomic E-state index is 11.3. The van der Waals surface area contributed by atoms with Crippen LogP contribution in [-0.4, -0.2) is 30.5 Å². The number of hydrogen-bond acceptors (Lipinski definition) is 3. The van der Waals surface area contributed by atoms with Gasteiger partial charge in [0.1, 0.15) is 6.61 Å². The molecule has 1 aliphatic heterocycles. The standard InChI is InChI=1S/C10H11NO3/c12-6-9-7-14-10(13)11(9)8-4-2-1-3-5-8/h1-5,9,12H,6-7H2/t9-/m0/s1. The number of anilines is 1. The number of aliphatic hydroxyl groups is 1. The van der Waals surface area contributed by atoms with Crippen LogP contribution < -0.4 is 4.90 Å². The zero-order chi connectivity index (χ0) is 9.97. The highest BCUT2D eigenvalue weighted by Crippen LogP contribution is 2.21. The van der Waals surface area contributed by atoms with Gasteiger partial charge in [-0.15, -0.1) is 0 Å². The van der Waals surface area contributed by atoms with Crippen LogP contribution in [0.4, 0.5) is 10.5 Å². The summed E-state index contributed by atoms with van der Waals surface area (Å²) < 4.78 is 4.85. The third-order valence-corrected chi connectivity index (χ3v) is 2.21. The van der Waals surface area contributed by atoms with Crippen molar-refractivity contribution >= 4 is 11.8 Å². The number of hydrogen-bond donors (Lipinski definition) is 1. The Balaban J connectivity index is 2.28. The summed E-state index contributed by atoms with van der Waals surface area (Å²) in [4.78, 5) is 12.8. The Morgan fingerprint density at radius 3 is 2.79 bits per heavy atom. The Morgan fingerprint density at radius 2 is 2.14 bits per heavy atom. The van der Waals surface area contributed by atoms with E-state index in [0.717, 1.165) is 5.69 Å². The van der Waals surface area contributed by atoms with Gasteiger partial charge in [0.15, 0.2) is 0 Å². The Morgan fingerprint density at radius 1 is 1.43 bits per heavy atom. The molecule has 1 aliphatic rings. The van der Waals surface area contributed by atoms with E-state index in [1.54, 1.807) is 0 Å². The highest BCUT2D eigenvalue weighted by Gasteiger charge is 2.33. The second-order valence-electron chi connectivity index (χ2n) is 3.12. The molecular weight excluding hydrogens is 182 g/mol. The van der Waals surface area contributed by atoms with E-state index in [9.17, 15) is 4.79 Å². The van der Waals surface area contributed by atoms with Crippen molar-refractivity contribution < 1.29 is 14.6 Å². The number of aliphatic hydroxyl groups excluding tert-OH is 1. The number of carbonyl (C=O) groups excluding carboxylic acids is 1. The number of amides is 1.